The molecule has 1 amide bonds. The zero-order valence-electron chi connectivity index (χ0n) is 15.3. The van der Waals surface area contributed by atoms with Crippen LogP contribution in [0.4, 0.5) is 0 Å². The van der Waals surface area contributed by atoms with Gasteiger partial charge in [-0.05, 0) is 54.4 Å². The Balaban J connectivity index is 1.47. The molecule has 0 radical (unpaired) electrons. The van der Waals surface area contributed by atoms with Gasteiger partial charge in [-0.1, -0.05) is 34.1 Å². The Hall–Kier alpha value is -2.62. The molecule has 0 atom stereocenters. The Bertz CT molecular complexity index is 1090. The molecule has 3 N–H and O–H groups in total. The van der Waals surface area contributed by atoms with Crippen molar-refractivity contribution in [2.24, 2.45) is 5.14 Å². The summed E-state index contributed by atoms with van der Waals surface area (Å²) in [5, 5.41) is 7.83. The minimum absolute atomic E-state index is 0.0541. The lowest BCUT2D eigenvalue weighted by atomic mass is 10.1. The summed E-state index contributed by atoms with van der Waals surface area (Å²) in [4.78, 5) is 12.3. The number of nitrogens with two attached hydrogens (primary N) is 1. The number of hydrogen-bond donors (Lipinski definition) is 2. The number of sulfonamides is 1. The lowest BCUT2D eigenvalue weighted by Gasteiger charge is -2.05. The molecule has 2 aromatic carbocycles. The van der Waals surface area contributed by atoms with Gasteiger partial charge in [-0.25, -0.2) is 13.6 Å². The quantitative estimate of drug-likeness (QED) is 0.515. The summed E-state index contributed by atoms with van der Waals surface area (Å²) in [6, 6.07) is 16.9. The first-order valence-corrected chi connectivity index (χ1v) is 11.0. The van der Waals surface area contributed by atoms with Crippen LogP contribution >= 0.6 is 15.9 Å². The number of amides is 1. The van der Waals surface area contributed by atoms with Gasteiger partial charge < -0.3 is 14.5 Å². The maximum atomic E-state index is 12.2. The third kappa shape index (κ3) is 6.18. The van der Waals surface area contributed by atoms with E-state index in [9.17, 15) is 13.2 Å². The monoisotopic (exact) mass is 478 g/mol. The van der Waals surface area contributed by atoms with Crippen molar-refractivity contribution in [3.63, 3.8) is 0 Å². The van der Waals surface area contributed by atoms with E-state index in [1.165, 1.54) is 12.1 Å². The molecule has 0 spiro atoms. The first-order chi connectivity index (χ1) is 13.8. The Morgan fingerprint density at radius 3 is 2.55 bits per heavy atom. The zero-order valence-corrected chi connectivity index (χ0v) is 17.7. The first-order valence-electron chi connectivity index (χ1n) is 8.68. The van der Waals surface area contributed by atoms with E-state index in [2.05, 4.69) is 21.2 Å². The maximum Gasteiger partial charge on any atom is 0.287 e. The van der Waals surface area contributed by atoms with Crippen LogP contribution in [0, 0.1) is 0 Å². The van der Waals surface area contributed by atoms with Crippen LogP contribution in [0.25, 0.3) is 0 Å². The molecular formula is C20H19BrN2O5S. The number of furan rings is 1. The number of hydrogen-bond acceptors (Lipinski definition) is 5. The molecule has 0 bridgehead atoms. The average Bonchev–Trinajstić information content (AvgIpc) is 3.15. The van der Waals surface area contributed by atoms with Gasteiger partial charge in [-0.3, -0.25) is 4.79 Å². The summed E-state index contributed by atoms with van der Waals surface area (Å²) in [5.41, 5.74) is 0.875. The van der Waals surface area contributed by atoms with Crippen LogP contribution in [-0.4, -0.2) is 20.9 Å². The molecule has 0 aliphatic carbocycles. The third-order valence-corrected chi connectivity index (χ3v) is 5.44. The van der Waals surface area contributed by atoms with E-state index in [4.69, 9.17) is 14.3 Å². The maximum absolute atomic E-state index is 12.2. The van der Waals surface area contributed by atoms with Crippen LogP contribution in [0.3, 0.4) is 0 Å². The molecule has 9 heteroatoms. The second kappa shape index (κ2) is 9.25. The largest absolute Gasteiger partial charge is 0.486 e. The predicted molar refractivity (Wildman–Crippen MR) is 111 cm³/mol. The number of carbonyl (C=O) groups excluding carboxylic acids is 1. The number of halogens is 1. The van der Waals surface area contributed by atoms with Gasteiger partial charge in [0, 0.05) is 11.0 Å². The van der Waals surface area contributed by atoms with Gasteiger partial charge in [0.1, 0.15) is 18.1 Å². The van der Waals surface area contributed by atoms with Crippen LogP contribution < -0.4 is 15.2 Å². The molecule has 3 aromatic rings. The van der Waals surface area contributed by atoms with E-state index in [1.54, 1.807) is 24.3 Å². The Kier molecular flexibility index (Phi) is 6.73. The summed E-state index contributed by atoms with van der Waals surface area (Å²) in [7, 11) is -3.71. The van der Waals surface area contributed by atoms with Gasteiger partial charge in [0.15, 0.2) is 5.76 Å². The van der Waals surface area contributed by atoms with Crippen molar-refractivity contribution in [1.29, 1.82) is 0 Å². The molecule has 1 heterocycles. The lowest BCUT2D eigenvalue weighted by Crippen LogP contribution is -2.25. The molecule has 1 aromatic heterocycles. The van der Waals surface area contributed by atoms with Crippen molar-refractivity contribution in [2.45, 2.75) is 17.9 Å². The van der Waals surface area contributed by atoms with Crippen molar-refractivity contribution in [3.8, 4) is 5.75 Å². The average molecular weight is 479 g/mol. The summed E-state index contributed by atoms with van der Waals surface area (Å²) >= 11 is 3.38. The Labute approximate surface area is 177 Å². The van der Waals surface area contributed by atoms with Crippen molar-refractivity contribution in [2.75, 3.05) is 6.54 Å². The minimum atomic E-state index is -3.71. The molecular weight excluding hydrogens is 460 g/mol. The molecule has 29 heavy (non-hydrogen) atoms. The molecule has 7 nitrogen and oxygen atoms in total. The number of benzene rings is 2. The topological polar surface area (TPSA) is 112 Å². The van der Waals surface area contributed by atoms with E-state index in [0.29, 0.717) is 24.5 Å². The highest BCUT2D eigenvalue weighted by atomic mass is 79.9. The van der Waals surface area contributed by atoms with Crippen LogP contribution in [0.5, 0.6) is 5.75 Å². The fourth-order valence-electron chi connectivity index (χ4n) is 2.54. The zero-order chi connectivity index (χ0) is 20.9. The lowest BCUT2D eigenvalue weighted by molar-refractivity contribution is 0.0922. The van der Waals surface area contributed by atoms with Crippen molar-refractivity contribution >= 4 is 31.9 Å². The van der Waals surface area contributed by atoms with Gasteiger partial charge in [0.2, 0.25) is 10.0 Å². The smallest absolute Gasteiger partial charge is 0.287 e. The van der Waals surface area contributed by atoms with Crippen molar-refractivity contribution in [1.82, 2.24) is 5.32 Å². The highest BCUT2D eigenvalue weighted by molar-refractivity contribution is 9.10. The van der Waals surface area contributed by atoms with Crippen LogP contribution in [0.1, 0.15) is 21.9 Å². The van der Waals surface area contributed by atoms with Gasteiger partial charge in [0.05, 0.1) is 4.90 Å². The van der Waals surface area contributed by atoms with E-state index >= 15 is 0 Å². The fourth-order valence-corrected chi connectivity index (χ4v) is 3.44. The van der Waals surface area contributed by atoms with E-state index in [-0.39, 0.29) is 23.2 Å². The summed E-state index contributed by atoms with van der Waals surface area (Å²) in [6.45, 7) is 0.582. The first kappa shape index (κ1) is 21.1. The number of rotatable bonds is 8. The number of primary sulfonamides is 1. The minimum Gasteiger partial charge on any atom is -0.486 e. The third-order valence-electron chi connectivity index (χ3n) is 4.01. The molecule has 0 saturated carbocycles. The Morgan fingerprint density at radius 2 is 1.86 bits per heavy atom. The second-order valence-corrected chi connectivity index (χ2v) is 8.68. The number of nitrogens with one attached hydrogen (secondary N) is 1. The summed E-state index contributed by atoms with van der Waals surface area (Å²) < 4.78 is 34.6. The number of ether oxygens (including phenoxy) is 1. The highest BCUT2D eigenvalue weighted by Crippen LogP contribution is 2.19. The molecule has 0 aliphatic heterocycles. The Morgan fingerprint density at radius 1 is 1.10 bits per heavy atom. The van der Waals surface area contributed by atoms with E-state index < -0.39 is 10.0 Å². The van der Waals surface area contributed by atoms with Gasteiger partial charge in [-0.2, -0.15) is 0 Å². The molecule has 0 unspecified atom stereocenters. The molecule has 0 fully saturated rings. The highest BCUT2D eigenvalue weighted by Gasteiger charge is 2.12. The van der Waals surface area contributed by atoms with Crippen LogP contribution in [0.2, 0.25) is 0 Å². The van der Waals surface area contributed by atoms with E-state index in [0.717, 1.165) is 10.0 Å². The summed E-state index contributed by atoms with van der Waals surface area (Å²) in [6.07, 6.45) is 0.538. The molecule has 3 rings (SSSR count). The molecule has 0 aliphatic rings. The van der Waals surface area contributed by atoms with Crippen LogP contribution in [0.15, 0.2) is 74.4 Å². The standard InChI is InChI=1S/C20H19BrN2O5S/c21-15-2-1-3-16(12-15)27-13-17-6-9-19(28-17)20(24)23-11-10-14-4-7-18(8-5-14)29(22,25)26/h1-9,12H,10-11,13H2,(H,23,24)(H2,22,25,26). The van der Waals surface area contributed by atoms with Crippen LogP contribution in [-0.2, 0) is 23.1 Å². The summed E-state index contributed by atoms with van der Waals surface area (Å²) in [5.74, 6) is 1.09. The SMILES string of the molecule is NS(=O)(=O)c1ccc(CCNC(=O)c2ccc(COc3cccc(Br)c3)o2)cc1. The predicted octanol–water partition coefficient (Wildman–Crippen LogP) is 3.24. The van der Waals surface area contributed by atoms with Crippen molar-refractivity contribution < 1.29 is 22.4 Å². The fraction of sp³-hybridized carbons (Fsp3) is 0.150. The molecule has 152 valence electrons. The number of carbonyl (C=O) groups is 1. The normalized spacial score (nSPS) is 11.2. The molecule has 0 saturated heterocycles. The van der Waals surface area contributed by atoms with Gasteiger partial charge in [-0.15, -0.1) is 0 Å². The van der Waals surface area contributed by atoms with E-state index in [1.807, 2.05) is 24.3 Å². The second-order valence-electron chi connectivity index (χ2n) is 6.21. The van der Waals surface area contributed by atoms with Gasteiger partial charge in [0.25, 0.3) is 5.91 Å². The van der Waals surface area contributed by atoms with Gasteiger partial charge >= 0.3 is 0 Å². The van der Waals surface area contributed by atoms with Crippen molar-refractivity contribution in [3.05, 3.63) is 82.2 Å².